The molecule has 0 spiro atoms. The Bertz CT molecular complexity index is 988. The number of carbonyl (C=O) groups is 3. The number of esters is 1. The molecule has 2 saturated heterocycles. The summed E-state index contributed by atoms with van der Waals surface area (Å²) in [5.41, 5.74) is 2.18. The lowest BCUT2D eigenvalue weighted by atomic mass is 10.1. The molecule has 1 atom stereocenters. The summed E-state index contributed by atoms with van der Waals surface area (Å²) in [7, 11) is 0. The number of benzene rings is 1. The number of carbonyl (C=O) groups excluding carboxylic acids is 3. The summed E-state index contributed by atoms with van der Waals surface area (Å²) in [5.74, 6) is -0.777. The minimum absolute atomic E-state index is 0.187. The zero-order valence-corrected chi connectivity index (χ0v) is 19.7. The number of imide groups is 1. The molecule has 180 valence electrons. The van der Waals surface area contributed by atoms with E-state index in [1.54, 1.807) is 24.3 Å². The van der Waals surface area contributed by atoms with E-state index in [0.29, 0.717) is 17.9 Å². The Morgan fingerprint density at radius 3 is 2.41 bits per heavy atom. The summed E-state index contributed by atoms with van der Waals surface area (Å²) < 4.78 is 5.22. The molecule has 8 heteroatoms. The Morgan fingerprint density at radius 2 is 1.74 bits per heavy atom. The zero-order valence-electron chi connectivity index (χ0n) is 19.7. The van der Waals surface area contributed by atoms with E-state index in [2.05, 4.69) is 14.8 Å². The molecule has 2 fully saturated rings. The molecule has 0 aliphatic carbocycles. The standard InChI is InChI=1S/C26H32N4O4/c1-2-3-18-34-26(33)21-4-6-22(7-5-21)30-24(31)19-23(25(30)32)29-16-14-28(15-17-29)13-10-20-8-11-27-12-9-20/h4-9,11-12,23H,2-3,10,13-19H2,1H3/t23-/m0/s1. The van der Waals surface area contributed by atoms with Crippen LogP contribution in [0.1, 0.15) is 42.1 Å². The van der Waals surface area contributed by atoms with Crippen molar-refractivity contribution in [1.29, 1.82) is 0 Å². The number of nitrogens with zero attached hydrogens (tertiary/aromatic N) is 4. The van der Waals surface area contributed by atoms with Crippen LogP contribution in [0, 0.1) is 0 Å². The number of anilines is 1. The van der Waals surface area contributed by atoms with Crippen LogP contribution in [0.5, 0.6) is 0 Å². The van der Waals surface area contributed by atoms with Gasteiger partial charge < -0.3 is 9.64 Å². The van der Waals surface area contributed by atoms with E-state index in [1.165, 1.54) is 10.5 Å². The Hall–Kier alpha value is -3.10. The van der Waals surface area contributed by atoms with E-state index in [0.717, 1.165) is 52.0 Å². The van der Waals surface area contributed by atoms with Gasteiger partial charge in [0.15, 0.2) is 0 Å². The normalized spacial score (nSPS) is 19.6. The van der Waals surface area contributed by atoms with Crippen molar-refractivity contribution in [3.8, 4) is 0 Å². The van der Waals surface area contributed by atoms with Crippen molar-refractivity contribution >= 4 is 23.5 Å². The third kappa shape index (κ3) is 5.69. The molecule has 34 heavy (non-hydrogen) atoms. The van der Waals surface area contributed by atoms with Crippen LogP contribution >= 0.6 is 0 Å². The SMILES string of the molecule is CCCCOC(=O)c1ccc(N2C(=O)C[C@H](N3CCN(CCc4ccncc4)CC3)C2=O)cc1. The fourth-order valence-corrected chi connectivity index (χ4v) is 4.45. The lowest BCUT2D eigenvalue weighted by Gasteiger charge is -2.37. The van der Waals surface area contributed by atoms with Gasteiger partial charge in [0.1, 0.15) is 0 Å². The van der Waals surface area contributed by atoms with Gasteiger partial charge in [0, 0.05) is 45.1 Å². The van der Waals surface area contributed by atoms with Crippen molar-refractivity contribution in [3.05, 3.63) is 59.9 Å². The Labute approximate surface area is 200 Å². The first-order chi connectivity index (χ1) is 16.6. The molecule has 2 amide bonds. The van der Waals surface area contributed by atoms with Crippen LogP contribution in [0.4, 0.5) is 5.69 Å². The summed E-state index contributed by atoms with van der Waals surface area (Å²) in [6.07, 6.45) is 6.56. The molecule has 1 aromatic carbocycles. The minimum Gasteiger partial charge on any atom is -0.462 e. The third-order valence-electron chi connectivity index (χ3n) is 6.53. The molecule has 4 rings (SSSR count). The Balaban J connectivity index is 1.30. The van der Waals surface area contributed by atoms with E-state index in [4.69, 9.17) is 4.74 Å². The van der Waals surface area contributed by atoms with Crippen LogP contribution in [0.15, 0.2) is 48.8 Å². The van der Waals surface area contributed by atoms with Crippen molar-refractivity contribution in [3.63, 3.8) is 0 Å². The number of rotatable bonds is 9. The van der Waals surface area contributed by atoms with Gasteiger partial charge in [-0.2, -0.15) is 0 Å². The Kier molecular flexibility index (Phi) is 8.03. The average Bonchev–Trinajstić information content (AvgIpc) is 3.17. The number of pyridine rings is 1. The molecule has 2 aliphatic heterocycles. The van der Waals surface area contributed by atoms with Crippen LogP contribution in [0.3, 0.4) is 0 Å². The molecule has 0 N–H and O–H groups in total. The molecule has 0 unspecified atom stereocenters. The largest absolute Gasteiger partial charge is 0.462 e. The number of piperazine rings is 1. The van der Waals surface area contributed by atoms with Crippen molar-refractivity contribution in [2.24, 2.45) is 0 Å². The first-order valence-electron chi connectivity index (χ1n) is 12.1. The zero-order chi connectivity index (χ0) is 23.9. The molecule has 2 aromatic rings. The summed E-state index contributed by atoms with van der Waals surface area (Å²) in [5, 5.41) is 0. The molecule has 0 saturated carbocycles. The molecule has 0 bridgehead atoms. The van der Waals surface area contributed by atoms with Gasteiger partial charge in [0.05, 0.1) is 30.3 Å². The number of aromatic nitrogens is 1. The van der Waals surface area contributed by atoms with E-state index in [-0.39, 0.29) is 18.2 Å². The lowest BCUT2D eigenvalue weighted by Crippen LogP contribution is -2.52. The van der Waals surface area contributed by atoms with Gasteiger partial charge in [0.2, 0.25) is 5.91 Å². The number of amides is 2. The maximum Gasteiger partial charge on any atom is 0.338 e. The van der Waals surface area contributed by atoms with Gasteiger partial charge in [-0.05, 0) is 54.8 Å². The maximum atomic E-state index is 13.2. The minimum atomic E-state index is -0.423. The van der Waals surface area contributed by atoms with E-state index in [9.17, 15) is 14.4 Å². The van der Waals surface area contributed by atoms with E-state index < -0.39 is 12.0 Å². The molecule has 0 radical (unpaired) electrons. The number of hydrogen-bond acceptors (Lipinski definition) is 7. The topological polar surface area (TPSA) is 83.1 Å². The van der Waals surface area contributed by atoms with Gasteiger partial charge in [-0.15, -0.1) is 0 Å². The first kappa shape index (κ1) is 24.0. The molecular weight excluding hydrogens is 432 g/mol. The van der Waals surface area contributed by atoms with E-state index >= 15 is 0 Å². The van der Waals surface area contributed by atoms with Crippen LogP contribution in [-0.4, -0.2) is 77.9 Å². The second-order valence-electron chi connectivity index (χ2n) is 8.81. The predicted molar refractivity (Wildman–Crippen MR) is 128 cm³/mol. The van der Waals surface area contributed by atoms with Crippen LogP contribution in [0.25, 0.3) is 0 Å². The predicted octanol–water partition coefficient (Wildman–Crippen LogP) is 2.53. The lowest BCUT2D eigenvalue weighted by molar-refractivity contribution is -0.123. The highest BCUT2D eigenvalue weighted by Gasteiger charge is 2.43. The van der Waals surface area contributed by atoms with Crippen LogP contribution in [-0.2, 0) is 20.7 Å². The summed E-state index contributed by atoms with van der Waals surface area (Å²) in [4.78, 5) is 47.8. The number of hydrogen-bond donors (Lipinski definition) is 0. The fourth-order valence-electron chi connectivity index (χ4n) is 4.45. The van der Waals surface area contributed by atoms with Gasteiger partial charge in [-0.3, -0.25) is 19.5 Å². The second-order valence-corrected chi connectivity index (χ2v) is 8.81. The Morgan fingerprint density at radius 1 is 1.03 bits per heavy atom. The average molecular weight is 465 g/mol. The van der Waals surface area contributed by atoms with Crippen molar-refractivity contribution in [2.75, 3.05) is 44.2 Å². The van der Waals surface area contributed by atoms with E-state index in [1.807, 2.05) is 31.5 Å². The molecule has 2 aliphatic rings. The number of ether oxygens (including phenoxy) is 1. The summed E-state index contributed by atoms with van der Waals surface area (Å²) >= 11 is 0. The van der Waals surface area contributed by atoms with Crippen molar-refractivity contribution in [1.82, 2.24) is 14.8 Å². The van der Waals surface area contributed by atoms with Crippen LogP contribution < -0.4 is 4.90 Å². The van der Waals surface area contributed by atoms with Gasteiger partial charge in [-0.1, -0.05) is 13.3 Å². The molecule has 1 aromatic heterocycles. The first-order valence-corrected chi connectivity index (χ1v) is 12.1. The second kappa shape index (κ2) is 11.4. The molecule has 8 nitrogen and oxygen atoms in total. The smallest absolute Gasteiger partial charge is 0.338 e. The highest BCUT2D eigenvalue weighted by atomic mass is 16.5. The van der Waals surface area contributed by atoms with Crippen molar-refractivity contribution < 1.29 is 19.1 Å². The fraction of sp³-hybridized carbons (Fsp3) is 0.462. The summed E-state index contributed by atoms with van der Waals surface area (Å²) in [6.45, 7) is 6.65. The molecular formula is C26H32N4O4. The molecule has 3 heterocycles. The monoisotopic (exact) mass is 464 g/mol. The van der Waals surface area contributed by atoms with Gasteiger partial charge >= 0.3 is 5.97 Å². The maximum absolute atomic E-state index is 13.2. The van der Waals surface area contributed by atoms with Gasteiger partial charge in [-0.25, -0.2) is 9.69 Å². The quantitative estimate of drug-likeness (QED) is 0.320. The highest BCUT2D eigenvalue weighted by Crippen LogP contribution is 2.27. The van der Waals surface area contributed by atoms with Gasteiger partial charge in [0.25, 0.3) is 5.91 Å². The summed E-state index contributed by atoms with van der Waals surface area (Å²) in [6, 6.07) is 10.2. The third-order valence-corrected chi connectivity index (χ3v) is 6.53. The number of unbranched alkanes of at least 4 members (excludes halogenated alkanes) is 1. The van der Waals surface area contributed by atoms with Crippen molar-refractivity contribution in [2.45, 2.75) is 38.6 Å². The van der Waals surface area contributed by atoms with Crippen LogP contribution in [0.2, 0.25) is 0 Å². The highest BCUT2D eigenvalue weighted by molar-refractivity contribution is 6.22.